The van der Waals surface area contributed by atoms with E-state index in [0.717, 1.165) is 24.0 Å². The van der Waals surface area contributed by atoms with Crippen molar-refractivity contribution < 1.29 is 5.11 Å². The third kappa shape index (κ3) is 0.985. The lowest BCUT2D eigenvalue weighted by Crippen LogP contribution is -2.47. The van der Waals surface area contributed by atoms with Gasteiger partial charge in [-0.2, -0.15) is 0 Å². The summed E-state index contributed by atoms with van der Waals surface area (Å²) in [4.78, 5) is 0. The summed E-state index contributed by atoms with van der Waals surface area (Å²) in [5.41, 5.74) is 4.16. The van der Waals surface area contributed by atoms with Crippen molar-refractivity contribution in [1.29, 1.82) is 0 Å². The van der Waals surface area contributed by atoms with Gasteiger partial charge in [0.1, 0.15) is 5.60 Å². The van der Waals surface area contributed by atoms with Crippen LogP contribution < -0.4 is 0 Å². The number of rotatable bonds is 0. The Kier molecular flexibility index (Phi) is 1.66. The fraction of sp³-hybridized carbons (Fsp3) is 0.250. The van der Waals surface area contributed by atoms with E-state index in [1.165, 1.54) is 11.1 Å². The number of hydrogen-bond acceptors (Lipinski definition) is 1. The van der Waals surface area contributed by atoms with Crippen molar-refractivity contribution in [1.82, 2.24) is 0 Å². The minimum atomic E-state index is -0.717. The summed E-state index contributed by atoms with van der Waals surface area (Å²) in [6.07, 6.45) is 2.14. The van der Waals surface area contributed by atoms with Crippen LogP contribution in [0.25, 0.3) is 0 Å². The van der Waals surface area contributed by atoms with E-state index < -0.39 is 5.60 Å². The Morgan fingerprint density at radius 3 is 2.53 bits per heavy atom. The smallest absolute Gasteiger partial charge is 0.122 e. The zero-order valence-electron chi connectivity index (χ0n) is 9.56. The summed E-state index contributed by atoms with van der Waals surface area (Å²) >= 11 is 0. The first-order valence-corrected chi connectivity index (χ1v) is 6.22. The lowest BCUT2D eigenvalue weighted by atomic mass is 9.56. The molecule has 0 saturated heterocycles. The second-order valence-corrected chi connectivity index (χ2v) is 5.10. The lowest BCUT2D eigenvalue weighted by Gasteiger charge is -2.51. The largest absolute Gasteiger partial charge is 0.380 e. The van der Waals surface area contributed by atoms with Crippen LogP contribution in [-0.2, 0) is 12.0 Å². The van der Waals surface area contributed by atoms with Crippen molar-refractivity contribution in [3.63, 3.8) is 0 Å². The van der Waals surface area contributed by atoms with Crippen LogP contribution in [0.1, 0.15) is 34.6 Å². The molecular weight excluding hydrogens is 208 g/mol. The van der Waals surface area contributed by atoms with Crippen LogP contribution >= 0.6 is 0 Å². The third-order valence-electron chi connectivity index (χ3n) is 4.38. The molecule has 2 aliphatic rings. The average Bonchev–Trinajstić information content (AvgIpc) is 2.38. The van der Waals surface area contributed by atoms with Crippen LogP contribution in [0.3, 0.4) is 0 Å². The molecule has 2 aromatic carbocycles. The topological polar surface area (TPSA) is 20.2 Å². The van der Waals surface area contributed by atoms with Crippen LogP contribution in [-0.4, -0.2) is 5.11 Å². The van der Waals surface area contributed by atoms with E-state index in [1.54, 1.807) is 0 Å². The van der Waals surface area contributed by atoms with E-state index in [9.17, 15) is 5.11 Å². The quantitative estimate of drug-likeness (QED) is 0.726. The van der Waals surface area contributed by atoms with Gasteiger partial charge in [0.05, 0.1) is 0 Å². The summed E-state index contributed by atoms with van der Waals surface area (Å²) in [5.74, 6) is 0.300. The SMILES string of the molecule is OC12c3ccccc3CCC1c1ccccc12. The molecule has 1 heteroatoms. The second-order valence-electron chi connectivity index (χ2n) is 5.10. The Morgan fingerprint density at radius 1 is 0.941 bits per heavy atom. The zero-order valence-corrected chi connectivity index (χ0v) is 9.56. The first-order valence-electron chi connectivity index (χ1n) is 6.22. The highest BCUT2D eigenvalue weighted by Crippen LogP contribution is 2.58. The molecule has 0 bridgehead atoms. The van der Waals surface area contributed by atoms with Gasteiger partial charge in [-0.3, -0.25) is 0 Å². The summed E-state index contributed by atoms with van der Waals surface area (Å²) in [5, 5.41) is 11.0. The van der Waals surface area contributed by atoms with Gasteiger partial charge < -0.3 is 5.11 Å². The first kappa shape index (κ1) is 9.43. The molecule has 0 aromatic heterocycles. The standard InChI is InChI=1S/C16H14O/c17-16-13-7-3-1-5-11(13)9-10-15(16)12-6-2-4-8-14(12)16/h1-8,15,17H,9-10H2. The number of fused-ring (bicyclic) bond motifs is 6. The summed E-state index contributed by atoms with van der Waals surface area (Å²) < 4.78 is 0. The van der Waals surface area contributed by atoms with Crippen molar-refractivity contribution in [3.05, 3.63) is 70.8 Å². The van der Waals surface area contributed by atoms with Gasteiger partial charge in [-0.1, -0.05) is 48.5 Å². The van der Waals surface area contributed by atoms with Crippen LogP contribution in [0.5, 0.6) is 0 Å². The van der Waals surface area contributed by atoms with Gasteiger partial charge in [0.2, 0.25) is 0 Å². The normalized spacial score (nSPS) is 28.6. The minimum Gasteiger partial charge on any atom is -0.380 e. The molecule has 84 valence electrons. The third-order valence-corrected chi connectivity index (χ3v) is 4.38. The second kappa shape index (κ2) is 2.99. The molecular formula is C16H14O. The molecule has 0 spiro atoms. The van der Waals surface area contributed by atoms with Crippen LogP contribution in [0, 0.1) is 0 Å². The highest BCUT2D eigenvalue weighted by molar-refractivity contribution is 5.58. The Hall–Kier alpha value is -1.60. The maximum atomic E-state index is 11.0. The van der Waals surface area contributed by atoms with E-state index in [2.05, 4.69) is 36.4 Å². The van der Waals surface area contributed by atoms with Gasteiger partial charge in [-0.15, -0.1) is 0 Å². The molecule has 0 aliphatic heterocycles. The zero-order chi connectivity index (χ0) is 11.5. The van der Waals surface area contributed by atoms with Gasteiger partial charge in [0.15, 0.2) is 0 Å². The van der Waals surface area contributed by atoms with Gasteiger partial charge in [-0.25, -0.2) is 0 Å². The molecule has 0 heterocycles. The molecule has 1 nitrogen and oxygen atoms in total. The van der Waals surface area contributed by atoms with E-state index in [-0.39, 0.29) is 0 Å². The number of hydrogen-bond donors (Lipinski definition) is 1. The van der Waals surface area contributed by atoms with Crippen LogP contribution in [0.15, 0.2) is 48.5 Å². The molecule has 0 fully saturated rings. The van der Waals surface area contributed by atoms with E-state index >= 15 is 0 Å². The molecule has 2 unspecified atom stereocenters. The first-order chi connectivity index (χ1) is 8.32. The van der Waals surface area contributed by atoms with Crippen molar-refractivity contribution in [2.75, 3.05) is 0 Å². The predicted molar refractivity (Wildman–Crippen MR) is 66.9 cm³/mol. The van der Waals surface area contributed by atoms with Crippen molar-refractivity contribution in [2.24, 2.45) is 0 Å². The molecule has 1 N–H and O–H groups in total. The summed E-state index contributed by atoms with van der Waals surface area (Å²) in [6, 6.07) is 16.6. The minimum absolute atomic E-state index is 0.300. The fourth-order valence-electron chi connectivity index (χ4n) is 3.59. The molecule has 2 aromatic rings. The van der Waals surface area contributed by atoms with Crippen LogP contribution in [0.2, 0.25) is 0 Å². The predicted octanol–water partition coefficient (Wildman–Crippen LogP) is 2.97. The van der Waals surface area contributed by atoms with E-state index in [1.807, 2.05) is 12.1 Å². The molecule has 0 saturated carbocycles. The molecule has 17 heavy (non-hydrogen) atoms. The average molecular weight is 222 g/mol. The summed E-state index contributed by atoms with van der Waals surface area (Å²) in [6.45, 7) is 0. The van der Waals surface area contributed by atoms with Gasteiger partial charge in [-0.05, 0) is 35.1 Å². The van der Waals surface area contributed by atoms with Gasteiger partial charge in [0, 0.05) is 5.92 Å². The van der Waals surface area contributed by atoms with Gasteiger partial charge >= 0.3 is 0 Å². The highest BCUT2D eigenvalue weighted by atomic mass is 16.3. The van der Waals surface area contributed by atoms with Crippen molar-refractivity contribution in [3.8, 4) is 0 Å². The molecule has 2 atom stereocenters. The number of benzene rings is 2. The molecule has 4 rings (SSSR count). The van der Waals surface area contributed by atoms with Crippen LogP contribution in [0.4, 0.5) is 0 Å². The van der Waals surface area contributed by atoms with Crippen molar-refractivity contribution in [2.45, 2.75) is 24.4 Å². The number of aliphatic hydroxyl groups is 1. The maximum absolute atomic E-state index is 11.0. The van der Waals surface area contributed by atoms with Gasteiger partial charge in [0.25, 0.3) is 0 Å². The molecule has 0 amide bonds. The lowest BCUT2D eigenvalue weighted by molar-refractivity contribution is 0.00980. The Morgan fingerprint density at radius 2 is 1.65 bits per heavy atom. The van der Waals surface area contributed by atoms with Crippen molar-refractivity contribution >= 4 is 0 Å². The Bertz CT molecular complexity index is 602. The molecule has 0 radical (unpaired) electrons. The summed E-state index contributed by atoms with van der Waals surface area (Å²) in [7, 11) is 0. The fourth-order valence-corrected chi connectivity index (χ4v) is 3.59. The Labute approximate surface area is 101 Å². The number of aryl methyl sites for hydroxylation is 1. The van der Waals surface area contributed by atoms with E-state index in [0.29, 0.717) is 5.92 Å². The van der Waals surface area contributed by atoms with E-state index in [4.69, 9.17) is 0 Å². The maximum Gasteiger partial charge on any atom is 0.122 e. The monoisotopic (exact) mass is 222 g/mol. The highest BCUT2D eigenvalue weighted by Gasteiger charge is 2.53. The Balaban J connectivity index is 2.00. The molecule has 2 aliphatic carbocycles.